The van der Waals surface area contributed by atoms with Crippen LogP contribution in [0.25, 0.3) is 0 Å². The van der Waals surface area contributed by atoms with Crippen molar-refractivity contribution < 1.29 is 0 Å². The number of pyridine rings is 1. The molecule has 13 heavy (non-hydrogen) atoms. The van der Waals surface area contributed by atoms with Crippen molar-refractivity contribution in [2.45, 2.75) is 0 Å². The Kier molecular flexibility index (Phi) is 2.50. The fourth-order valence-corrected chi connectivity index (χ4v) is 1.62. The summed E-state index contributed by atoms with van der Waals surface area (Å²) >= 11 is 0. The molecule has 4 heteroatoms. The number of nitrogens with zero attached hydrogens (tertiary/aromatic N) is 3. The summed E-state index contributed by atoms with van der Waals surface area (Å²) in [5.74, 6) is 0. The second kappa shape index (κ2) is 3.79. The lowest BCUT2D eigenvalue weighted by molar-refractivity contribution is 0.415. The molecule has 1 aliphatic heterocycles. The Bertz CT molecular complexity index is 257. The first kappa shape index (κ1) is 8.57. The quantitative estimate of drug-likeness (QED) is 0.548. The first-order valence-corrected chi connectivity index (χ1v) is 4.70. The van der Waals surface area contributed by atoms with Gasteiger partial charge in [0.25, 0.3) is 0 Å². The molecule has 0 amide bonds. The molecule has 2 heterocycles. The molecule has 0 atom stereocenters. The van der Waals surface area contributed by atoms with Gasteiger partial charge in [0.15, 0.2) is 7.98 Å². The van der Waals surface area contributed by atoms with E-state index in [2.05, 4.69) is 34.8 Å². The van der Waals surface area contributed by atoms with Crippen molar-refractivity contribution in [3.05, 3.63) is 24.5 Å². The van der Waals surface area contributed by atoms with Crippen LogP contribution >= 0.6 is 0 Å². The van der Waals surface area contributed by atoms with Crippen LogP contribution in [-0.4, -0.2) is 44.0 Å². The molecule has 0 radical (unpaired) electrons. The van der Waals surface area contributed by atoms with Crippen LogP contribution in [0.5, 0.6) is 0 Å². The smallest absolute Gasteiger partial charge is 0.185 e. The molecule has 0 unspecified atom stereocenters. The van der Waals surface area contributed by atoms with Gasteiger partial charge in [-0.2, -0.15) is 0 Å². The van der Waals surface area contributed by atoms with Gasteiger partial charge < -0.3 is 9.71 Å². The van der Waals surface area contributed by atoms with E-state index in [-0.39, 0.29) is 0 Å². The Morgan fingerprint density at radius 1 is 1.08 bits per heavy atom. The number of hydrogen-bond acceptors (Lipinski definition) is 3. The van der Waals surface area contributed by atoms with Gasteiger partial charge >= 0.3 is 0 Å². The van der Waals surface area contributed by atoms with E-state index in [9.17, 15) is 0 Å². The zero-order valence-electron chi connectivity index (χ0n) is 7.98. The predicted molar refractivity (Wildman–Crippen MR) is 56.6 cm³/mol. The largest absolute Gasteiger partial charge is 0.369 e. The second-order valence-corrected chi connectivity index (χ2v) is 3.50. The topological polar surface area (TPSA) is 19.4 Å². The van der Waals surface area contributed by atoms with E-state index < -0.39 is 0 Å². The fourth-order valence-electron chi connectivity index (χ4n) is 1.62. The molecule has 0 aromatic carbocycles. The van der Waals surface area contributed by atoms with Gasteiger partial charge in [0.2, 0.25) is 0 Å². The normalized spacial score (nSPS) is 18.9. The second-order valence-electron chi connectivity index (χ2n) is 3.50. The average Bonchev–Trinajstić information content (AvgIpc) is 2.20. The maximum Gasteiger partial charge on any atom is 0.185 e. The molecule has 1 saturated heterocycles. The summed E-state index contributed by atoms with van der Waals surface area (Å²) in [6, 6.07) is 4.15. The third kappa shape index (κ3) is 2.01. The Morgan fingerprint density at radius 3 is 2.31 bits per heavy atom. The molecule has 1 fully saturated rings. The van der Waals surface area contributed by atoms with Gasteiger partial charge in [-0.05, 0) is 12.1 Å². The van der Waals surface area contributed by atoms with E-state index >= 15 is 0 Å². The van der Waals surface area contributed by atoms with E-state index in [0.29, 0.717) is 0 Å². The van der Waals surface area contributed by atoms with Crippen LogP contribution in [0.4, 0.5) is 5.69 Å². The van der Waals surface area contributed by atoms with Crippen LogP contribution in [0.3, 0.4) is 0 Å². The zero-order chi connectivity index (χ0) is 9.10. The van der Waals surface area contributed by atoms with E-state index in [0.717, 1.165) is 26.2 Å². The van der Waals surface area contributed by atoms with E-state index in [1.807, 2.05) is 12.4 Å². The maximum atomic E-state index is 4.02. The lowest BCUT2D eigenvalue weighted by Crippen LogP contribution is -2.45. The highest BCUT2D eigenvalue weighted by atomic mass is 15.2. The number of aromatic nitrogens is 1. The molecule has 1 aliphatic rings. The van der Waals surface area contributed by atoms with Crippen molar-refractivity contribution in [3.8, 4) is 0 Å². The van der Waals surface area contributed by atoms with Crippen molar-refractivity contribution in [2.24, 2.45) is 0 Å². The minimum absolute atomic E-state index is 1.13. The lowest BCUT2D eigenvalue weighted by Gasteiger charge is -2.34. The lowest BCUT2D eigenvalue weighted by atomic mass is 10.2. The van der Waals surface area contributed by atoms with Crippen molar-refractivity contribution in [1.29, 1.82) is 0 Å². The third-order valence-corrected chi connectivity index (χ3v) is 2.53. The summed E-state index contributed by atoms with van der Waals surface area (Å²) in [4.78, 5) is 8.78. The number of rotatable bonds is 1. The Hall–Kier alpha value is -1.03. The van der Waals surface area contributed by atoms with Gasteiger partial charge in [-0.1, -0.05) is 0 Å². The number of piperazine rings is 1. The monoisotopic (exact) mass is 175 g/mol. The minimum atomic E-state index is 1.13. The maximum absolute atomic E-state index is 4.02. The number of anilines is 1. The third-order valence-electron chi connectivity index (χ3n) is 2.53. The highest BCUT2D eigenvalue weighted by Gasteiger charge is 2.12. The van der Waals surface area contributed by atoms with Crippen LogP contribution in [0.1, 0.15) is 0 Å². The van der Waals surface area contributed by atoms with Crippen LogP contribution in [-0.2, 0) is 0 Å². The molecule has 1 aromatic rings. The molecule has 68 valence electrons. The summed E-state index contributed by atoms with van der Waals surface area (Å²) < 4.78 is 0. The van der Waals surface area contributed by atoms with Crippen LogP contribution in [0.15, 0.2) is 24.5 Å². The van der Waals surface area contributed by atoms with Gasteiger partial charge in [-0.25, -0.2) is 0 Å². The van der Waals surface area contributed by atoms with Crippen molar-refractivity contribution in [1.82, 2.24) is 9.79 Å². The molecule has 0 aliphatic carbocycles. The van der Waals surface area contributed by atoms with Crippen molar-refractivity contribution in [2.75, 3.05) is 31.1 Å². The fraction of sp³-hybridized carbons (Fsp3) is 0.444. The summed E-state index contributed by atoms with van der Waals surface area (Å²) in [6.07, 6.45) is 3.71. The van der Waals surface area contributed by atoms with Gasteiger partial charge in [0.1, 0.15) is 0 Å². The molecule has 0 bridgehead atoms. The molecule has 0 N–H and O–H groups in total. The van der Waals surface area contributed by atoms with Crippen molar-refractivity contribution >= 4 is 13.7 Å². The first-order chi connectivity index (χ1) is 6.36. The number of hydrogen-bond donors (Lipinski definition) is 0. The van der Waals surface area contributed by atoms with Crippen LogP contribution in [0, 0.1) is 0 Å². The van der Waals surface area contributed by atoms with Crippen LogP contribution in [0.2, 0.25) is 0 Å². The summed E-state index contributed by atoms with van der Waals surface area (Å²) in [5.41, 5.74) is 1.29. The molecular formula is C9H14BN3. The van der Waals surface area contributed by atoms with E-state index in [1.165, 1.54) is 5.69 Å². The summed E-state index contributed by atoms with van der Waals surface area (Å²) in [7, 11) is 2.17. The average molecular weight is 175 g/mol. The van der Waals surface area contributed by atoms with E-state index in [4.69, 9.17) is 0 Å². The standard InChI is InChI=1S/C9H14BN3/c10-13-7-5-12(6-8-13)9-1-3-11-4-2-9/h1-4H,5-8,10H2. The first-order valence-electron chi connectivity index (χ1n) is 4.70. The highest BCUT2D eigenvalue weighted by molar-refractivity contribution is 6.04. The Balaban J connectivity index is 2.03. The molecular weight excluding hydrogens is 161 g/mol. The summed E-state index contributed by atoms with van der Waals surface area (Å²) in [6.45, 7) is 4.56. The predicted octanol–water partition coefficient (Wildman–Crippen LogP) is -0.248. The Labute approximate surface area is 79.8 Å². The molecule has 0 saturated carbocycles. The van der Waals surface area contributed by atoms with Crippen molar-refractivity contribution in [3.63, 3.8) is 0 Å². The SMILES string of the molecule is BN1CCN(c2ccncc2)CC1. The van der Waals surface area contributed by atoms with Gasteiger partial charge in [0, 0.05) is 44.3 Å². The minimum Gasteiger partial charge on any atom is -0.369 e. The molecule has 3 nitrogen and oxygen atoms in total. The molecule has 0 spiro atoms. The molecule has 1 aromatic heterocycles. The van der Waals surface area contributed by atoms with Gasteiger partial charge in [-0.3, -0.25) is 4.98 Å². The van der Waals surface area contributed by atoms with Gasteiger partial charge in [0.05, 0.1) is 0 Å². The van der Waals surface area contributed by atoms with Gasteiger partial charge in [-0.15, -0.1) is 0 Å². The zero-order valence-corrected chi connectivity index (χ0v) is 7.98. The Morgan fingerprint density at radius 2 is 1.69 bits per heavy atom. The van der Waals surface area contributed by atoms with E-state index in [1.54, 1.807) is 0 Å². The summed E-state index contributed by atoms with van der Waals surface area (Å²) in [5, 5.41) is 0. The molecule has 2 rings (SSSR count). The van der Waals surface area contributed by atoms with Crippen LogP contribution < -0.4 is 4.90 Å². The highest BCUT2D eigenvalue weighted by Crippen LogP contribution is 2.13.